The van der Waals surface area contributed by atoms with Gasteiger partial charge in [-0.05, 0) is 24.7 Å². The summed E-state index contributed by atoms with van der Waals surface area (Å²) in [7, 11) is 0. The van der Waals surface area contributed by atoms with Gasteiger partial charge in [-0.1, -0.05) is 13.8 Å². The third kappa shape index (κ3) is 2.52. The Morgan fingerprint density at radius 2 is 2.20 bits per heavy atom. The van der Waals surface area contributed by atoms with Gasteiger partial charge in [-0.25, -0.2) is 0 Å². The third-order valence-corrected chi connectivity index (χ3v) is 3.95. The van der Waals surface area contributed by atoms with Crippen LogP contribution in [0.4, 0.5) is 0 Å². The number of ether oxygens (including phenoxy) is 2. The van der Waals surface area contributed by atoms with Gasteiger partial charge < -0.3 is 15.2 Å². The number of hydrogen-bond donors (Lipinski definition) is 1. The van der Waals surface area contributed by atoms with Gasteiger partial charge in [-0.3, -0.25) is 0 Å². The molecule has 0 aromatic heterocycles. The summed E-state index contributed by atoms with van der Waals surface area (Å²) in [5.74, 6) is 0.598. The minimum Gasteiger partial charge on any atom is -0.381 e. The first kappa shape index (κ1) is 11.4. The standard InChI is InChI=1S/C12H23NO2/c1-12(2)5-3-10(11(12)13)15-8-9-4-6-14-7-9/h9-11H,3-8,13H2,1-2H3. The molecule has 2 N–H and O–H groups in total. The van der Waals surface area contributed by atoms with E-state index in [9.17, 15) is 0 Å². The van der Waals surface area contributed by atoms with Crippen molar-refractivity contribution < 1.29 is 9.47 Å². The van der Waals surface area contributed by atoms with E-state index in [1.54, 1.807) is 0 Å². The van der Waals surface area contributed by atoms with Gasteiger partial charge in [0.05, 0.1) is 19.3 Å². The van der Waals surface area contributed by atoms with Gasteiger partial charge in [0, 0.05) is 18.6 Å². The van der Waals surface area contributed by atoms with Crippen LogP contribution in [0.1, 0.15) is 33.1 Å². The molecule has 1 heterocycles. The van der Waals surface area contributed by atoms with Crippen LogP contribution in [0.2, 0.25) is 0 Å². The Kier molecular flexibility index (Phi) is 3.33. The van der Waals surface area contributed by atoms with Crippen molar-refractivity contribution in [2.24, 2.45) is 17.1 Å². The highest BCUT2D eigenvalue weighted by Crippen LogP contribution is 2.37. The second-order valence-electron chi connectivity index (χ2n) is 5.65. The summed E-state index contributed by atoms with van der Waals surface area (Å²) in [6, 6.07) is 0.194. The van der Waals surface area contributed by atoms with Crippen molar-refractivity contribution in [1.82, 2.24) is 0 Å². The molecule has 1 saturated heterocycles. The zero-order valence-electron chi connectivity index (χ0n) is 9.87. The van der Waals surface area contributed by atoms with E-state index in [1.165, 1.54) is 6.42 Å². The molecule has 3 atom stereocenters. The predicted molar refractivity (Wildman–Crippen MR) is 59.7 cm³/mol. The van der Waals surface area contributed by atoms with Crippen molar-refractivity contribution in [3.8, 4) is 0 Å². The molecule has 0 amide bonds. The minimum absolute atomic E-state index is 0.194. The quantitative estimate of drug-likeness (QED) is 0.773. The fourth-order valence-corrected chi connectivity index (χ4v) is 2.53. The Balaban J connectivity index is 1.75. The molecule has 0 radical (unpaired) electrons. The van der Waals surface area contributed by atoms with Crippen LogP contribution in [0.3, 0.4) is 0 Å². The molecule has 1 aliphatic heterocycles. The Labute approximate surface area is 92.3 Å². The SMILES string of the molecule is CC1(C)CCC(OCC2CCOC2)C1N. The first-order valence-corrected chi connectivity index (χ1v) is 6.04. The second kappa shape index (κ2) is 4.40. The lowest BCUT2D eigenvalue weighted by Gasteiger charge is -2.27. The first-order valence-electron chi connectivity index (χ1n) is 6.04. The van der Waals surface area contributed by atoms with Gasteiger partial charge in [0.25, 0.3) is 0 Å². The highest BCUT2D eigenvalue weighted by atomic mass is 16.5. The van der Waals surface area contributed by atoms with Crippen LogP contribution < -0.4 is 5.73 Å². The monoisotopic (exact) mass is 213 g/mol. The molecule has 2 fully saturated rings. The molecular formula is C12H23NO2. The van der Waals surface area contributed by atoms with Crippen LogP contribution in [0.25, 0.3) is 0 Å². The average molecular weight is 213 g/mol. The van der Waals surface area contributed by atoms with Gasteiger partial charge in [0.2, 0.25) is 0 Å². The van der Waals surface area contributed by atoms with Crippen LogP contribution in [0.5, 0.6) is 0 Å². The van der Waals surface area contributed by atoms with Crippen LogP contribution in [-0.4, -0.2) is 32.0 Å². The lowest BCUT2D eigenvalue weighted by molar-refractivity contribution is 0.0140. The number of nitrogens with two attached hydrogens (primary N) is 1. The van der Waals surface area contributed by atoms with Crippen molar-refractivity contribution in [2.45, 2.75) is 45.3 Å². The zero-order valence-corrected chi connectivity index (χ0v) is 9.87. The molecule has 3 unspecified atom stereocenters. The van der Waals surface area contributed by atoms with Gasteiger partial charge >= 0.3 is 0 Å². The van der Waals surface area contributed by atoms with Crippen molar-refractivity contribution in [3.05, 3.63) is 0 Å². The summed E-state index contributed by atoms with van der Waals surface area (Å²) < 4.78 is 11.3. The third-order valence-electron chi connectivity index (χ3n) is 3.95. The molecule has 0 bridgehead atoms. The fourth-order valence-electron chi connectivity index (χ4n) is 2.53. The summed E-state index contributed by atoms with van der Waals surface area (Å²) in [4.78, 5) is 0. The van der Waals surface area contributed by atoms with Crippen molar-refractivity contribution in [2.75, 3.05) is 19.8 Å². The van der Waals surface area contributed by atoms with Gasteiger partial charge in [0.1, 0.15) is 0 Å². The lowest BCUT2D eigenvalue weighted by atomic mass is 9.88. The summed E-state index contributed by atoms with van der Waals surface area (Å²) in [6.07, 6.45) is 3.70. The molecule has 0 spiro atoms. The maximum Gasteiger partial charge on any atom is 0.0731 e. The zero-order chi connectivity index (χ0) is 10.9. The summed E-state index contributed by atoms with van der Waals surface area (Å²) in [6.45, 7) is 7.06. The van der Waals surface area contributed by atoms with Crippen LogP contribution >= 0.6 is 0 Å². The van der Waals surface area contributed by atoms with E-state index < -0.39 is 0 Å². The van der Waals surface area contributed by atoms with Gasteiger partial charge in [0.15, 0.2) is 0 Å². The minimum atomic E-state index is 0.194. The number of hydrogen-bond acceptors (Lipinski definition) is 3. The normalized spacial score (nSPS) is 39.8. The van der Waals surface area contributed by atoms with E-state index in [2.05, 4.69) is 13.8 Å². The van der Waals surface area contributed by atoms with Crippen LogP contribution in [0, 0.1) is 11.3 Å². The fraction of sp³-hybridized carbons (Fsp3) is 1.00. The molecule has 88 valence electrons. The van der Waals surface area contributed by atoms with Gasteiger partial charge in [-0.15, -0.1) is 0 Å². The van der Waals surface area contributed by atoms with E-state index >= 15 is 0 Å². The molecule has 3 nitrogen and oxygen atoms in total. The summed E-state index contributed by atoms with van der Waals surface area (Å²) in [5, 5.41) is 0. The Morgan fingerprint density at radius 3 is 2.73 bits per heavy atom. The summed E-state index contributed by atoms with van der Waals surface area (Å²) >= 11 is 0. The summed E-state index contributed by atoms with van der Waals surface area (Å²) in [5.41, 5.74) is 6.43. The molecule has 1 aliphatic carbocycles. The Morgan fingerprint density at radius 1 is 1.40 bits per heavy atom. The van der Waals surface area contributed by atoms with Crippen molar-refractivity contribution in [3.63, 3.8) is 0 Å². The lowest BCUT2D eigenvalue weighted by Crippen LogP contribution is -2.41. The molecule has 2 aliphatic rings. The van der Waals surface area contributed by atoms with E-state index in [0.717, 1.165) is 32.7 Å². The van der Waals surface area contributed by atoms with E-state index in [4.69, 9.17) is 15.2 Å². The Bertz CT molecular complexity index is 212. The van der Waals surface area contributed by atoms with Crippen LogP contribution in [-0.2, 0) is 9.47 Å². The largest absolute Gasteiger partial charge is 0.381 e. The smallest absolute Gasteiger partial charge is 0.0731 e. The average Bonchev–Trinajstić information content (AvgIpc) is 2.76. The molecule has 0 aromatic carbocycles. The molecule has 1 saturated carbocycles. The van der Waals surface area contributed by atoms with Crippen molar-refractivity contribution >= 4 is 0 Å². The van der Waals surface area contributed by atoms with Crippen molar-refractivity contribution in [1.29, 1.82) is 0 Å². The molecular weight excluding hydrogens is 190 g/mol. The first-order chi connectivity index (χ1) is 7.09. The Hall–Kier alpha value is -0.120. The van der Waals surface area contributed by atoms with E-state index in [0.29, 0.717) is 5.92 Å². The van der Waals surface area contributed by atoms with E-state index in [-0.39, 0.29) is 17.6 Å². The predicted octanol–water partition coefficient (Wildman–Crippen LogP) is 1.56. The molecule has 15 heavy (non-hydrogen) atoms. The molecule has 3 heteroatoms. The van der Waals surface area contributed by atoms with Crippen LogP contribution in [0.15, 0.2) is 0 Å². The molecule has 0 aromatic rings. The van der Waals surface area contributed by atoms with E-state index in [1.807, 2.05) is 0 Å². The maximum absolute atomic E-state index is 6.19. The number of rotatable bonds is 3. The highest BCUT2D eigenvalue weighted by Gasteiger charge is 2.40. The highest BCUT2D eigenvalue weighted by molar-refractivity contribution is 4.95. The van der Waals surface area contributed by atoms with Gasteiger partial charge in [-0.2, -0.15) is 0 Å². The maximum atomic E-state index is 6.19. The topological polar surface area (TPSA) is 44.5 Å². The molecule has 2 rings (SSSR count). The second-order valence-corrected chi connectivity index (χ2v) is 5.65.